The molecule has 1 aliphatic heterocycles. The Morgan fingerprint density at radius 1 is 0.947 bits per heavy atom. The Balaban J connectivity index is 0.00000133. The molecule has 1 radical (unpaired) electrons. The van der Waals surface area contributed by atoms with Crippen molar-refractivity contribution in [3.8, 4) is 11.3 Å². The first kappa shape index (κ1) is 14.6. The molecule has 0 amide bonds. The van der Waals surface area contributed by atoms with Crippen LogP contribution in [0.4, 0.5) is 0 Å². The minimum atomic E-state index is -2.49. The van der Waals surface area contributed by atoms with Gasteiger partial charge in [0, 0.05) is 56.9 Å². The molecule has 1 aromatic heterocycles. The van der Waals surface area contributed by atoms with Gasteiger partial charge in [0.05, 0.1) is 0 Å². The van der Waals surface area contributed by atoms with Crippen molar-refractivity contribution in [1.29, 1.82) is 0 Å². The molecular weight excluding hydrogens is 293 g/mol. The van der Waals surface area contributed by atoms with Gasteiger partial charge in [0.15, 0.2) is 0 Å². The molecule has 0 unspecified atom stereocenters. The fourth-order valence-electron chi connectivity index (χ4n) is 1.56. The van der Waals surface area contributed by atoms with Crippen LogP contribution in [0.25, 0.3) is 11.3 Å². The average molecular weight is 298 g/mol. The molecule has 7 nitrogen and oxygen atoms in total. The molecule has 0 fully saturated rings. The number of hydrogen-bond acceptors (Lipinski definition) is 5. The SMILES string of the molecule is O=S(=O)=C1N=c2nnnc(-c3ccccc3)c2=N1.[K]. The number of hydrogen-bond donors (Lipinski definition) is 0. The van der Waals surface area contributed by atoms with Gasteiger partial charge in [0.2, 0.25) is 5.49 Å². The van der Waals surface area contributed by atoms with Crippen molar-refractivity contribution in [3.05, 3.63) is 41.2 Å². The summed E-state index contributed by atoms with van der Waals surface area (Å²) in [6, 6.07) is 9.20. The molecule has 0 saturated heterocycles. The van der Waals surface area contributed by atoms with Crippen molar-refractivity contribution >= 4 is 66.8 Å². The van der Waals surface area contributed by atoms with Crippen LogP contribution in [-0.2, 0) is 10.3 Å². The fraction of sp³-hybridized carbons (Fsp3) is 0. The molecule has 2 heterocycles. The predicted molar refractivity (Wildman–Crippen MR) is 67.3 cm³/mol. The summed E-state index contributed by atoms with van der Waals surface area (Å²) in [4.78, 5) is 7.66. The molecule has 1 aliphatic rings. The van der Waals surface area contributed by atoms with Gasteiger partial charge in [0.1, 0.15) is 11.1 Å². The van der Waals surface area contributed by atoms with Gasteiger partial charge in [-0.05, 0) is 5.21 Å². The van der Waals surface area contributed by atoms with Crippen LogP contribution >= 0.6 is 0 Å². The van der Waals surface area contributed by atoms with Crippen LogP contribution in [0, 0.1) is 0 Å². The minimum absolute atomic E-state index is 0. The van der Waals surface area contributed by atoms with E-state index in [0.29, 0.717) is 11.1 Å². The Labute approximate surface area is 151 Å². The second-order valence-electron chi connectivity index (χ2n) is 3.42. The average Bonchev–Trinajstić information content (AvgIpc) is 2.83. The van der Waals surface area contributed by atoms with E-state index in [-0.39, 0.29) is 62.0 Å². The fourth-order valence-corrected chi connectivity index (χ4v) is 1.89. The first-order chi connectivity index (χ1) is 8.75. The third kappa shape index (κ3) is 2.85. The summed E-state index contributed by atoms with van der Waals surface area (Å²) in [7, 11) is -2.49. The Bertz CT molecular complexity index is 872. The number of fused-ring (bicyclic) bond motifs is 1. The van der Waals surface area contributed by atoms with E-state index in [1.54, 1.807) is 0 Å². The Morgan fingerprint density at radius 3 is 2.37 bits per heavy atom. The molecule has 1 aromatic carbocycles. The zero-order chi connectivity index (χ0) is 12.5. The minimum Gasteiger partial charge on any atom is -0.209 e. The normalized spacial score (nSPS) is 11.9. The molecule has 0 aliphatic carbocycles. The van der Waals surface area contributed by atoms with Gasteiger partial charge in [0.25, 0.3) is 15.4 Å². The summed E-state index contributed by atoms with van der Waals surface area (Å²) in [6.45, 7) is 0. The van der Waals surface area contributed by atoms with Gasteiger partial charge < -0.3 is 0 Å². The summed E-state index contributed by atoms with van der Waals surface area (Å²) in [5.41, 5.74) is 1.41. The van der Waals surface area contributed by atoms with E-state index < -0.39 is 10.3 Å². The van der Waals surface area contributed by atoms with E-state index in [1.807, 2.05) is 30.3 Å². The Morgan fingerprint density at radius 2 is 1.68 bits per heavy atom. The molecule has 0 saturated carbocycles. The molecule has 9 heteroatoms. The number of benzene rings is 1. The second-order valence-corrected chi connectivity index (χ2v) is 4.25. The van der Waals surface area contributed by atoms with Crippen LogP contribution in [-0.4, -0.2) is 80.3 Å². The summed E-state index contributed by atoms with van der Waals surface area (Å²) in [6.07, 6.45) is 0. The second kappa shape index (κ2) is 6.07. The zero-order valence-corrected chi connectivity index (χ0v) is 13.8. The van der Waals surface area contributed by atoms with Gasteiger partial charge in [-0.3, -0.25) is 0 Å². The third-order valence-electron chi connectivity index (χ3n) is 2.33. The van der Waals surface area contributed by atoms with Crippen molar-refractivity contribution in [1.82, 2.24) is 15.4 Å². The topological polar surface area (TPSA) is 97.5 Å². The first-order valence-electron chi connectivity index (χ1n) is 4.94. The molecule has 0 atom stereocenters. The summed E-state index contributed by atoms with van der Waals surface area (Å²) in [5.74, 6) is 0. The van der Waals surface area contributed by atoms with E-state index in [1.165, 1.54) is 0 Å². The monoisotopic (exact) mass is 298 g/mol. The van der Waals surface area contributed by atoms with Crippen molar-refractivity contribution < 1.29 is 8.42 Å². The summed E-state index contributed by atoms with van der Waals surface area (Å²) >= 11 is 0. The molecule has 0 N–H and O–H groups in total. The van der Waals surface area contributed by atoms with Crippen LogP contribution in [0.1, 0.15) is 0 Å². The van der Waals surface area contributed by atoms with Crippen molar-refractivity contribution in [2.45, 2.75) is 0 Å². The maximum absolute atomic E-state index is 10.8. The molecule has 2 aromatic rings. The van der Waals surface area contributed by atoms with Crippen LogP contribution < -0.4 is 10.8 Å². The predicted octanol–water partition coefficient (Wildman–Crippen LogP) is -1.62. The van der Waals surface area contributed by atoms with E-state index in [0.717, 1.165) is 5.56 Å². The number of rotatable bonds is 1. The zero-order valence-electron chi connectivity index (χ0n) is 9.85. The van der Waals surface area contributed by atoms with Gasteiger partial charge in [-0.1, -0.05) is 30.3 Å². The van der Waals surface area contributed by atoms with Gasteiger partial charge in [-0.15, -0.1) is 10.2 Å². The maximum atomic E-state index is 10.8. The van der Waals surface area contributed by atoms with Gasteiger partial charge >= 0.3 is 0 Å². The molecule has 3 rings (SSSR count). The Hall–Kier alpha value is -0.844. The van der Waals surface area contributed by atoms with Crippen molar-refractivity contribution in [3.63, 3.8) is 0 Å². The molecule has 19 heavy (non-hydrogen) atoms. The largest absolute Gasteiger partial charge is 0.278 e. The number of nitrogens with zero attached hydrogens (tertiary/aromatic N) is 5. The van der Waals surface area contributed by atoms with Crippen LogP contribution in [0.3, 0.4) is 0 Å². The molecule has 0 bridgehead atoms. The van der Waals surface area contributed by atoms with Crippen molar-refractivity contribution in [2.24, 2.45) is 9.98 Å². The molecular formula is C10H5KN5O2S. The summed E-state index contributed by atoms with van der Waals surface area (Å²) in [5, 5.41) is 11.1. The standard InChI is InChI=1S/C10H5N5O2S.K/c16-18(17)10-11-8-7(6-4-2-1-3-5-6)13-15-14-9(8)12-10;/h1-5H;. The van der Waals surface area contributed by atoms with E-state index in [9.17, 15) is 8.42 Å². The van der Waals surface area contributed by atoms with Crippen molar-refractivity contribution in [2.75, 3.05) is 0 Å². The Kier molecular flexibility index (Phi) is 4.65. The first-order valence-corrected chi connectivity index (χ1v) is 6.01. The number of aromatic nitrogens is 3. The van der Waals surface area contributed by atoms with E-state index in [4.69, 9.17) is 0 Å². The van der Waals surface area contributed by atoms with Gasteiger partial charge in [-0.25, -0.2) is 4.99 Å². The summed E-state index contributed by atoms with van der Waals surface area (Å²) < 4.78 is 21.6. The molecule has 89 valence electrons. The maximum Gasteiger partial charge on any atom is 0.278 e. The quantitative estimate of drug-likeness (QED) is 0.465. The third-order valence-corrected chi connectivity index (χ3v) is 2.81. The smallest absolute Gasteiger partial charge is 0.209 e. The molecule has 0 spiro atoms. The van der Waals surface area contributed by atoms with Crippen LogP contribution in [0.5, 0.6) is 0 Å². The van der Waals surface area contributed by atoms with Crippen LogP contribution in [0.2, 0.25) is 0 Å². The van der Waals surface area contributed by atoms with Gasteiger partial charge in [-0.2, -0.15) is 13.4 Å². The van der Waals surface area contributed by atoms with E-state index in [2.05, 4.69) is 25.4 Å². The van der Waals surface area contributed by atoms with Crippen LogP contribution in [0.15, 0.2) is 40.3 Å². The van der Waals surface area contributed by atoms with E-state index >= 15 is 0 Å².